The highest BCUT2D eigenvalue weighted by atomic mass is 32.1. The smallest absolute Gasteiger partial charge is 0.271 e. The number of nitrogens with two attached hydrogens (primary N) is 1. The van der Waals surface area contributed by atoms with E-state index in [4.69, 9.17) is 5.73 Å². The third-order valence-corrected chi connectivity index (χ3v) is 2.90. The number of nitrogens with zero attached hydrogens (tertiary/aromatic N) is 1. The van der Waals surface area contributed by atoms with Crippen LogP contribution in [0.4, 0.5) is 0 Å². The van der Waals surface area contributed by atoms with E-state index >= 15 is 0 Å². The minimum absolute atomic E-state index is 0.0575. The molecule has 0 saturated carbocycles. The van der Waals surface area contributed by atoms with Crippen molar-refractivity contribution in [3.63, 3.8) is 0 Å². The van der Waals surface area contributed by atoms with Crippen molar-refractivity contribution >= 4 is 17.2 Å². The zero-order valence-corrected chi connectivity index (χ0v) is 9.67. The zero-order chi connectivity index (χ0) is 11.4. The second-order valence-electron chi connectivity index (χ2n) is 3.36. The van der Waals surface area contributed by atoms with Crippen molar-refractivity contribution in [2.45, 2.75) is 25.9 Å². The summed E-state index contributed by atoms with van der Waals surface area (Å²) in [7, 11) is 0. The molecule has 0 aliphatic heterocycles. The molecule has 0 bridgehead atoms. The minimum Gasteiger partial charge on any atom is -0.345 e. The molecule has 15 heavy (non-hydrogen) atoms. The van der Waals surface area contributed by atoms with Gasteiger partial charge in [-0.05, 0) is 13.8 Å². The highest BCUT2D eigenvalue weighted by Crippen LogP contribution is 2.15. The van der Waals surface area contributed by atoms with Gasteiger partial charge in [0.05, 0.1) is 6.04 Å². The van der Waals surface area contributed by atoms with Crippen LogP contribution >= 0.6 is 11.3 Å². The second-order valence-corrected chi connectivity index (χ2v) is 4.25. The van der Waals surface area contributed by atoms with Crippen LogP contribution in [-0.2, 0) is 0 Å². The Kier molecular flexibility index (Phi) is 3.99. The van der Waals surface area contributed by atoms with Crippen LogP contribution in [-0.4, -0.2) is 16.9 Å². The summed E-state index contributed by atoms with van der Waals surface area (Å²) in [5, 5.41) is 5.23. The molecule has 0 fully saturated rings. The van der Waals surface area contributed by atoms with Gasteiger partial charge in [-0.15, -0.1) is 17.9 Å². The van der Waals surface area contributed by atoms with Gasteiger partial charge in [-0.2, -0.15) is 0 Å². The maximum Gasteiger partial charge on any atom is 0.271 e. The molecule has 0 aliphatic rings. The first-order chi connectivity index (χ1) is 7.04. The fourth-order valence-electron chi connectivity index (χ4n) is 0.941. The first-order valence-corrected chi connectivity index (χ1v) is 5.57. The molecule has 1 aromatic rings. The van der Waals surface area contributed by atoms with Gasteiger partial charge in [0.2, 0.25) is 0 Å². The summed E-state index contributed by atoms with van der Waals surface area (Å²) in [5.74, 6) is -0.189. The number of thiazole rings is 1. The van der Waals surface area contributed by atoms with E-state index in [1.54, 1.807) is 11.5 Å². The van der Waals surface area contributed by atoms with E-state index in [-0.39, 0.29) is 18.0 Å². The number of rotatable bonds is 4. The maximum atomic E-state index is 11.6. The van der Waals surface area contributed by atoms with E-state index < -0.39 is 0 Å². The number of carbonyl (C=O) groups excluding carboxylic acids is 1. The monoisotopic (exact) mass is 225 g/mol. The Labute approximate surface area is 93.2 Å². The van der Waals surface area contributed by atoms with Crippen LogP contribution in [0.2, 0.25) is 0 Å². The Morgan fingerprint density at radius 2 is 2.40 bits per heavy atom. The van der Waals surface area contributed by atoms with E-state index in [1.165, 1.54) is 11.3 Å². The van der Waals surface area contributed by atoms with Crippen LogP contribution in [0.15, 0.2) is 18.0 Å². The van der Waals surface area contributed by atoms with Crippen molar-refractivity contribution in [2.75, 3.05) is 0 Å². The largest absolute Gasteiger partial charge is 0.345 e. The quantitative estimate of drug-likeness (QED) is 0.762. The normalized spacial score (nSPS) is 14.3. The van der Waals surface area contributed by atoms with Crippen LogP contribution < -0.4 is 11.1 Å². The molecule has 1 aromatic heterocycles. The fourth-order valence-corrected chi connectivity index (χ4v) is 1.70. The standard InChI is InChI=1S/C10H15N3OS/c1-4-6(2)12-9(14)8-5-15-10(13-8)7(3)11/h4-7H,1,11H2,2-3H3,(H,12,14). The van der Waals surface area contributed by atoms with Crippen molar-refractivity contribution in [3.05, 3.63) is 28.7 Å². The van der Waals surface area contributed by atoms with Gasteiger partial charge >= 0.3 is 0 Å². The van der Waals surface area contributed by atoms with Crippen LogP contribution in [0.25, 0.3) is 0 Å². The average Bonchev–Trinajstić information content (AvgIpc) is 2.66. The summed E-state index contributed by atoms with van der Waals surface area (Å²) in [6.45, 7) is 7.28. The molecule has 2 atom stereocenters. The van der Waals surface area contributed by atoms with Gasteiger partial charge in [-0.25, -0.2) is 4.98 Å². The van der Waals surface area contributed by atoms with Crippen molar-refractivity contribution < 1.29 is 4.79 Å². The molecule has 0 saturated heterocycles. The van der Waals surface area contributed by atoms with Gasteiger partial charge in [0.1, 0.15) is 10.7 Å². The second kappa shape index (κ2) is 5.04. The van der Waals surface area contributed by atoms with Crippen LogP contribution in [0.3, 0.4) is 0 Å². The Morgan fingerprint density at radius 3 is 2.87 bits per heavy atom. The lowest BCUT2D eigenvalue weighted by Crippen LogP contribution is -2.31. The Morgan fingerprint density at radius 1 is 1.73 bits per heavy atom. The lowest BCUT2D eigenvalue weighted by Gasteiger charge is -2.06. The highest BCUT2D eigenvalue weighted by molar-refractivity contribution is 7.09. The zero-order valence-electron chi connectivity index (χ0n) is 8.86. The van der Waals surface area contributed by atoms with E-state index in [1.807, 2.05) is 13.8 Å². The van der Waals surface area contributed by atoms with E-state index in [2.05, 4.69) is 16.9 Å². The summed E-state index contributed by atoms with van der Waals surface area (Å²) >= 11 is 1.40. The van der Waals surface area contributed by atoms with Crippen molar-refractivity contribution in [1.29, 1.82) is 0 Å². The maximum absolute atomic E-state index is 11.6. The molecular formula is C10H15N3OS. The SMILES string of the molecule is C=CC(C)NC(=O)c1csc(C(C)N)n1. The van der Waals surface area contributed by atoms with Gasteiger partial charge in [0, 0.05) is 11.4 Å². The molecule has 82 valence electrons. The molecule has 3 N–H and O–H groups in total. The Bertz CT molecular complexity index is 359. The molecule has 1 amide bonds. The van der Waals surface area contributed by atoms with Gasteiger partial charge in [0.25, 0.3) is 5.91 Å². The summed E-state index contributed by atoms with van der Waals surface area (Å²) in [4.78, 5) is 15.7. The van der Waals surface area contributed by atoms with Crippen LogP contribution in [0, 0.1) is 0 Å². The van der Waals surface area contributed by atoms with Crippen molar-refractivity contribution in [1.82, 2.24) is 10.3 Å². The Hall–Kier alpha value is -1.20. The van der Waals surface area contributed by atoms with Crippen LogP contribution in [0.5, 0.6) is 0 Å². The average molecular weight is 225 g/mol. The molecule has 0 radical (unpaired) electrons. The molecule has 2 unspecified atom stereocenters. The molecule has 1 rings (SSSR count). The molecule has 5 heteroatoms. The predicted octanol–water partition coefficient (Wildman–Crippen LogP) is 1.47. The van der Waals surface area contributed by atoms with Crippen molar-refractivity contribution in [3.8, 4) is 0 Å². The summed E-state index contributed by atoms with van der Waals surface area (Å²) in [6.07, 6.45) is 1.66. The van der Waals surface area contributed by atoms with E-state index in [0.29, 0.717) is 5.69 Å². The van der Waals surface area contributed by atoms with Gasteiger partial charge in [0.15, 0.2) is 0 Å². The first-order valence-electron chi connectivity index (χ1n) is 4.69. The molecule has 0 spiro atoms. The minimum atomic E-state index is -0.189. The van der Waals surface area contributed by atoms with E-state index in [9.17, 15) is 4.79 Å². The summed E-state index contributed by atoms with van der Waals surface area (Å²) in [6, 6.07) is -0.189. The number of hydrogen-bond donors (Lipinski definition) is 2. The molecule has 1 heterocycles. The van der Waals surface area contributed by atoms with Gasteiger partial charge in [-0.3, -0.25) is 4.79 Å². The Balaban J connectivity index is 2.70. The first kappa shape index (κ1) is 11.9. The van der Waals surface area contributed by atoms with Crippen molar-refractivity contribution in [2.24, 2.45) is 5.73 Å². The molecule has 0 aromatic carbocycles. The number of nitrogens with one attached hydrogen (secondary N) is 1. The third kappa shape index (κ3) is 3.14. The topological polar surface area (TPSA) is 68.0 Å². The molecule has 0 aliphatic carbocycles. The highest BCUT2D eigenvalue weighted by Gasteiger charge is 2.13. The predicted molar refractivity (Wildman–Crippen MR) is 61.8 cm³/mol. The van der Waals surface area contributed by atoms with Crippen LogP contribution in [0.1, 0.15) is 35.4 Å². The summed E-state index contributed by atoms with van der Waals surface area (Å²) in [5.41, 5.74) is 6.07. The third-order valence-electron chi connectivity index (χ3n) is 1.86. The van der Waals surface area contributed by atoms with Gasteiger partial charge < -0.3 is 11.1 Å². The number of amides is 1. The van der Waals surface area contributed by atoms with E-state index in [0.717, 1.165) is 5.01 Å². The van der Waals surface area contributed by atoms with Gasteiger partial charge in [-0.1, -0.05) is 6.08 Å². The number of aromatic nitrogens is 1. The number of carbonyl (C=O) groups is 1. The number of hydrogen-bond acceptors (Lipinski definition) is 4. The lowest BCUT2D eigenvalue weighted by atomic mass is 10.3. The lowest BCUT2D eigenvalue weighted by molar-refractivity contribution is 0.0942. The summed E-state index contributed by atoms with van der Waals surface area (Å²) < 4.78 is 0. The molecule has 4 nitrogen and oxygen atoms in total. The molecular weight excluding hydrogens is 210 g/mol. The fraction of sp³-hybridized carbons (Fsp3) is 0.400.